The maximum Gasteiger partial charge on any atom is 0.346 e. The Balaban J connectivity index is 2.53. The van der Waals surface area contributed by atoms with Crippen molar-refractivity contribution in [3.8, 4) is 0 Å². The van der Waals surface area contributed by atoms with Gasteiger partial charge in [0.2, 0.25) is 5.11 Å². The molecule has 86 valence electrons. The van der Waals surface area contributed by atoms with Gasteiger partial charge in [0.05, 0.1) is 16.5 Å². The molecule has 1 N–H and O–H groups in total. The summed E-state index contributed by atoms with van der Waals surface area (Å²) in [7, 11) is -1.62. The number of nitrogens with zero attached hydrogens (tertiary/aromatic N) is 2. The summed E-state index contributed by atoms with van der Waals surface area (Å²) in [4.78, 5) is 16.7. The number of carboxylic acid groups (broad SMARTS) is 1. The summed E-state index contributed by atoms with van der Waals surface area (Å²) in [6, 6.07) is 0. The van der Waals surface area contributed by atoms with E-state index in [4.69, 9.17) is 5.11 Å². The van der Waals surface area contributed by atoms with Gasteiger partial charge in [-0.25, -0.2) is 14.0 Å². The first-order valence-electron chi connectivity index (χ1n) is 4.92. The Morgan fingerprint density at radius 3 is 2.88 bits per heavy atom. The second-order valence-corrected chi connectivity index (χ2v) is 5.31. The average molecular weight is 240 g/mol. The fourth-order valence-corrected chi connectivity index (χ4v) is 2.66. The van der Waals surface area contributed by atoms with E-state index in [1.165, 1.54) is 0 Å². The molecule has 0 saturated carbocycles. The molecule has 2 rings (SSSR count). The van der Waals surface area contributed by atoms with Crippen LogP contribution in [0, 0.1) is 5.92 Å². The number of rotatable bonds is 2. The molecule has 2 aliphatic rings. The van der Waals surface area contributed by atoms with Crippen LogP contribution in [0.4, 0.5) is 0 Å². The minimum absolute atomic E-state index is 0.00611. The second kappa shape index (κ2) is 3.79. The highest BCUT2D eigenvalue weighted by Crippen LogP contribution is 2.11. The molecule has 0 aliphatic carbocycles. The highest BCUT2D eigenvalue weighted by atomic mass is 32.1. The van der Waals surface area contributed by atoms with Crippen LogP contribution in [0.1, 0.15) is 13.8 Å². The number of allylic oxidation sites excluding steroid dienone is 1. The molecule has 16 heavy (non-hydrogen) atoms. The van der Waals surface area contributed by atoms with Crippen molar-refractivity contribution < 1.29 is 14.1 Å². The third kappa shape index (κ3) is 1.65. The van der Waals surface area contributed by atoms with Crippen molar-refractivity contribution in [1.82, 2.24) is 4.90 Å². The molecule has 0 saturated heterocycles. The number of hydrogen-bond donors (Lipinski definition) is 1. The Kier molecular flexibility index (Phi) is 2.59. The number of aliphatic carboxylic acids is 1. The molecule has 2 heterocycles. The maximum atomic E-state index is 11.8. The highest BCUT2D eigenvalue weighted by Gasteiger charge is 2.26. The number of aliphatic imine (C=N–C) groups is 1. The SMILES string of the molecule is CC(C)C1=NC2=S(=O)=C(C(=O)O)CN2C=C1. The number of carboxylic acids is 1. The Morgan fingerprint density at radius 1 is 1.62 bits per heavy atom. The molecule has 0 bridgehead atoms. The molecule has 5 nitrogen and oxygen atoms in total. The summed E-state index contributed by atoms with van der Waals surface area (Å²) < 4.78 is 11.8. The average Bonchev–Trinajstić information content (AvgIpc) is 2.56. The van der Waals surface area contributed by atoms with Crippen molar-refractivity contribution in [2.24, 2.45) is 10.9 Å². The highest BCUT2D eigenvalue weighted by molar-refractivity contribution is 7.86. The normalized spacial score (nSPS) is 19.3. The quantitative estimate of drug-likeness (QED) is 0.691. The summed E-state index contributed by atoms with van der Waals surface area (Å²) in [5.41, 5.74) is 0.825. The first-order valence-corrected chi connectivity index (χ1v) is 6.07. The monoisotopic (exact) mass is 240 g/mol. The minimum Gasteiger partial charge on any atom is -0.477 e. The van der Waals surface area contributed by atoms with Gasteiger partial charge in [0, 0.05) is 11.9 Å². The molecule has 0 atom stereocenters. The second-order valence-electron chi connectivity index (χ2n) is 3.91. The lowest BCUT2D eigenvalue weighted by Crippen LogP contribution is -2.30. The third-order valence-electron chi connectivity index (χ3n) is 2.43. The van der Waals surface area contributed by atoms with E-state index in [0.717, 1.165) is 5.71 Å². The van der Waals surface area contributed by atoms with Crippen LogP contribution in [0.5, 0.6) is 0 Å². The third-order valence-corrected chi connectivity index (χ3v) is 3.84. The van der Waals surface area contributed by atoms with Gasteiger partial charge in [-0.1, -0.05) is 13.8 Å². The van der Waals surface area contributed by atoms with E-state index in [0.29, 0.717) is 5.11 Å². The molecular weight excluding hydrogens is 228 g/mol. The van der Waals surface area contributed by atoms with Gasteiger partial charge < -0.3 is 10.0 Å². The van der Waals surface area contributed by atoms with Crippen LogP contribution in [0.3, 0.4) is 0 Å². The zero-order valence-electron chi connectivity index (χ0n) is 9.01. The lowest BCUT2D eigenvalue weighted by molar-refractivity contribution is -0.129. The topological polar surface area (TPSA) is 70.0 Å². The van der Waals surface area contributed by atoms with Crippen molar-refractivity contribution in [2.45, 2.75) is 13.8 Å². The largest absolute Gasteiger partial charge is 0.477 e. The van der Waals surface area contributed by atoms with E-state index >= 15 is 0 Å². The Bertz CT molecular complexity index is 555. The van der Waals surface area contributed by atoms with E-state index in [-0.39, 0.29) is 17.3 Å². The van der Waals surface area contributed by atoms with E-state index < -0.39 is 15.9 Å². The van der Waals surface area contributed by atoms with Crippen LogP contribution in [-0.2, 0) is 14.8 Å². The zero-order valence-corrected chi connectivity index (χ0v) is 9.82. The number of carbonyl (C=O) groups is 1. The maximum absolute atomic E-state index is 11.8. The zero-order chi connectivity index (χ0) is 11.9. The fraction of sp³-hybridized carbons (Fsp3) is 0.400. The van der Waals surface area contributed by atoms with Crippen LogP contribution >= 0.6 is 0 Å². The Labute approximate surface area is 94.7 Å². The van der Waals surface area contributed by atoms with Crippen LogP contribution in [0.2, 0.25) is 0 Å². The summed E-state index contributed by atoms with van der Waals surface area (Å²) in [6.07, 6.45) is 3.57. The molecular formula is C10H12N2O3S. The number of fused-ring (bicyclic) bond motifs is 1. The van der Waals surface area contributed by atoms with Crippen molar-refractivity contribution in [3.63, 3.8) is 0 Å². The first kappa shape index (κ1) is 10.9. The molecule has 0 radical (unpaired) electrons. The van der Waals surface area contributed by atoms with Gasteiger partial charge in [-0.05, 0) is 12.0 Å². The van der Waals surface area contributed by atoms with E-state index in [9.17, 15) is 9.00 Å². The van der Waals surface area contributed by atoms with Crippen molar-refractivity contribution in [3.05, 3.63) is 12.3 Å². The van der Waals surface area contributed by atoms with Gasteiger partial charge in [0.15, 0.2) is 0 Å². The van der Waals surface area contributed by atoms with Crippen LogP contribution in [-0.4, -0.2) is 42.4 Å². The first-order chi connectivity index (χ1) is 7.50. The minimum atomic E-state index is -1.62. The molecule has 0 fully saturated rings. The lowest BCUT2D eigenvalue weighted by atomic mass is 10.1. The summed E-state index contributed by atoms with van der Waals surface area (Å²) in [5.74, 6) is -0.883. The molecule has 0 aromatic carbocycles. The van der Waals surface area contributed by atoms with Gasteiger partial charge in [0.25, 0.3) is 0 Å². The molecule has 0 aromatic rings. The van der Waals surface area contributed by atoms with E-state index in [2.05, 4.69) is 4.99 Å². The summed E-state index contributed by atoms with van der Waals surface area (Å²) >= 11 is 0. The standard InChI is InChI=1S/C10H12N2O3S/c1-6(2)7-3-4-12-5-8(9(13)14)16(15)10(12)11-7/h3-4,6H,5H2,1-2H3,(H,13,14). The molecule has 0 unspecified atom stereocenters. The van der Waals surface area contributed by atoms with Crippen LogP contribution in [0.25, 0.3) is 0 Å². The smallest absolute Gasteiger partial charge is 0.346 e. The summed E-state index contributed by atoms with van der Waals surface area (Å²) in [6.45, 7) is 4.13. The van der Waals surface area contributed by atoms with Crippen molar-refractivity contribution in [2.75, 3.05) is 6.54 Å². The molecule has 0 amide bonds. The van der Waals surface area contributed by atoms with Gasteiger partial charge in [-0.15, -0.1) is 0 Å². The predicted octanol–water partition coefficient (Wildman–Crippen LogP) is 0.0194. The lowest BCUT2D eigenvalue weighted by Gasteiger charge is -2.19. The molecule has 6 heteroatoms. The van der Waals surface area contributed by atoms with Crippen molar-refractivity contribution in [1.29, 1.82) is 0 Å². The van der Waals surface area contributed by atoms with Gasteiger partial charge in [-0.2, -0.15) is 0 Å². The number of hydrogen-bond acceptors (Lipinski definition) is 4. The van der Waals surface area contributed by atoms with E-state index in [1.54, 1.807) is 11.1 Å². The molecule has 0 aromatic heterocycles. The van der Waals surface area contributed by atoms with Crippen LogP contribution < -0.4 is 0 Å². The van der Waals surface area contributed by atoms with Gasteiger partial charge >= 0.3 is 5.97 Å². The summed E-state index contributed by atoms with van der Waals surface area (Å²) in [5, 5.41) is 9.20. The van der Waals surface area contributed by atoms with Gasteiger partial charge in [0.1, 0.15) is 4.86 Å². The van der Waals surface area contributed by atoms with E-state index in [1.807, 2.05) is 19.9 Å². The molecule has 0 spiro atoms. The van der Waals surface area contributed by atoms with Crippen molar-refractivity contribution >= 4 is 31.6 Å². The van der Waals surface area contributed by atoms with Crippen LogP contribution in [0.15, 0.2) is 17.3 Å². The Hall–Kier alpha value is -1.56. The predicted molar refractivity (Wildman–Crippen MR) is 63.9 cm³/mol. The fourth-order valence-electron chi connectivity index (χ4n) is 1.50. The molecule has 2 aliphatic heterocycles. The Morgan fingerprint density at radius 2 is 2.31 bits per heavy atom. The van der Waals surface area contributed by atoms with Gasteiger partial charge in [-0.3, -0.25) is 0 Å².